The molecule has 0 aliphatic heterocycles. The number of benzene rings is 1. The van der Waals surface area contributed by atoms with Gasteiger partial charge in [0.05, 0.1) is 12.7 Å². The third-order valence-electron chi connectivity index (χ3n) is 3.25. The van der Waals surface area contributed by atoms with Crippen molar-refractivity contribution in [3.63, 3.8) is 0 Å². The molecule has 0 fully saturated rings. The lowest BCUT2D eigenvalue weighted by Crippen LogP contribution is -2.37. The second-order valence-corrected chi connectivity index (χ2v) is 5.91. The lowest BCUT2D eigenvalue weighted by molar-refractivity contribution is 0.0609. The van der Waals surface area contributed by atoms with Gasteiger partial charge in [0.2, 0.25) is 0 Å². The van der Waals surface area contributed by atoms with Gasteiger partial charge in [-0.25, -0.2) is 0 Å². The molecular formula is C15H25NO2. The standard InChI is InChI=1S/C15H25NO2/c1-11(16-9-14(18)15(2,3)4)13-7-5-6-12(8-13)10-17/h5-8,11,14,16-18H,9-10H2,1-4H3. The molecule has 1 aromatic rings. The zero-order valence-corrected chi connectivity index (χ0v) is 11.8. The first-order chi connectivity index (χ1) is 8.34. The maximum Gasteiger partial charge on any atom is 0.0712 e. The first-order valence-corrected chi connectivity index (χ1v) is 6.45. The average Bonchev–Trinajstić information content (AvgIpc) is 2.34. The van der Waals surface area contributed by atoms with Crippen molar-refractivity contribution in [2.45, 2.75) is 46.4 Å². The van der Waals surface area contributed by atoms with E-state index in [0.29, 0.717) is 6.54 Å². The fraction of sp³-hybridized carbons (Fsp3) is 0.600. The largest absolute Gasteiger partial charge is 0.392 e. The first-order valence-electron chi connectivity index (χ1n) is 6.45. The molecule has 0 bridgehead atoms. The van der Waals surface area contributed by atoms with Gasteiger partial charge in [-0.1, -0.05) is 45.0 Å². The summed E-state index contributed by atoms with van der Waals surface area (Å²) in [5.74, 6) is 0. The van der Waals surface area contributed by atoms with E-state index in [4.69, 9.17) is 5.11 Å². The van der Waals surface area contributed by atoms with Crippen molar-refractivity contribution in [2.75, 3.05) is 6.54 Å². The van der Waals surface area contributed by atoms with Crippen LogP contribution in [0, 0.1) is 5.41 Å². The molecule has 2 atom stereocenters. The summed E-state index contributed by atoms with van der Waals surface area (Å²) in [5.41, 5.74) is 1.93. The van der Waals surface area contributed by atoms with Crippen molar-refractivity contribution in [1.82, 2.24) is 5.32 Å². The van der Waals surface area contributed by atoms with Crippen LogP contribution in [0.1, 0.15) is 44.9 Å². The molecule has 3 nitrogen and oxygen atoms in total. The third-order valence-corrected chi connectivity index (χ3v) is 3.25. The SMILES string of the molecule is CC(NCC(O)C(C)(C)C)c1cccc(CO)c1. The zero-order valence-electron chi connectivity index (χ0n) is 11.8. The summed E-state index contributed by atoms with van der Waals surface area (Å²) in [6.07, 6.45) is -0.374. The van der Waals surface area contributed by atoms with Gasteiger partial charge in [0.25, 0.3) is 0 Å². The molecule has 3 heteroatoms. The van der Waals surface area contributed by atoms with E-state index in [9.17, 15) is 5.11 Å². The van der Waals surface area contributed by atoms with Gasteiger partial charge in [0, 0.05) is 12.6 Å². The number of nitrogens with one attached hydrogen (secondary N) is 1. The van der Waals surface area contributed by atoms with Crippen molar-refractivity contribution in [1.29, 1.82) is 0 Å². The van der Waals surface area contributed by atoms with Crippen LogP contribution in [-0.2, 0) is 6.61 Å². The molecule has 0 spiro atoms. The van der Waals surface area contributed by atoms with Gasteiger partial charge in [-0.2, -0.15) is 0 Å². The van der Waals surface area contributed by atoms with Gasteiger partial charge in [-0.3, -0.25) is 0 Å². The zero-order chi connectivity index (χ0) is 13.8. The predicted octanol–water partition coefficient (Wildman–Crippen LogP) is 2.24. The molecule has 0 aliphatic carbocycles. The van der Waals surface area contributed by atoms with Crippen molar-refractivity contribution in [3.05, 3.63) is 35.4 Å². The van der Waals surface area contributed by atoms with Crippen LogP contribution in [0.5, 0.6) is 0 Å². The Kier molecular flexibility index (Phi) is 5.32. The normalized spacial score (nSPS) is 15.4. The van der Waals surface area contributed by atoms with E-state index in [2.05, 4.69) is 12.2 Å². The quantitative estimate of drug-likeness (QED) is 0.752. The Morgan fingerprint density at radius 2 is 1.94 bits per heavy atom. The fourth-order valence-electron chi connectivity index (χ4n) is 1.67. The Morgan fingerprint density at radius 1 is 1.28 bits per heavy atom. The predicted molar refractivity (Wildman–Crippen MR) is 74.2 cm³/mol. The van der Waals surface area contributed by atoms with Crippen LogP contribution in [0.15, 0.2) is 24.3 Å². The Hall–Kier alpha value is -0.900. The number of aliphatic hydroxyl groups is 2. The maximum absolute atomic E-state index is 9.98. The minimum absolute atomic E-state index is 0.0607. The highest BCUT2D eigenvalue weighted by atomic mass is 16.3. The molecule has 3 N–H and O–H groups in total. The first kappa shape index (κ1) is 15.2. The minimum Gasteiger partial charge on any atom is -0.392 e. The Balaban J connectivity index is 2.57. The van der Waals surface area contributed by atoms with Gasteiger partial charge in [-0.05, 0) is 23.5 Å². The summed E-state index contributed by atoms with van der Waals surface area (Å²) in [5, 5.41) is 22.4. The molecule has 0 aromatic heterocycles. The van der Waals surface area contributed by atoms with Gasteiger partial charge in [0.15, 0.2) is 0 Å². The monoisotopic (exact) mass is 251 g/mol. The summed E-state index contributed by atoms with van der Waals surface area (Å²) in [6.45, 7) is 8.76. The van der Waals surface area contributed by atoms with E-state index in [-0.39, 0.29) is 24.2 Å². The van der Waals surface area contributed by atoms with Gasteiger partial charge < -0.3 is 15.5 Å². The van der Waals surface area contributed by atoms with E-state index >= 15 is 0 Å². The molecule has 0 heterocycles. The smallest absolute Gasteiger partial charge is 0.0712 e. The topological polar surface area (TPSA) is 52.5 Å². The van der Waals surface area contributed by atoms with Crippen LogP contribution < -0.4 is 5.32 Å². The third kappa shape index (κ3) is 4.41. The second-order valence-electron chi connectivity index (χ2n) is 5.91. The summed E-state index contributed by atoms with van der Waals surface area (Å²) in [7, 11) is 0. The molecule has 0 amide bonds. The average molecular weight is 251 g/mol. The highest BCUT2D eigenvalue weighted by Crippen LogP contribution is 2.20. The summed E-state index contributed by atoms with van der Waals surface area (Å²) >= 11 is 0. The molecule has 0 radical (unpaired) electrons. The summed E-state index contributed by atoms with van der Waals surface area (Å²) < 4.78 is 0. The van der Waals surface area contributed by atoms with Crippen LogP contribution in [0.4, 0.5) is 0 Å². The van der Waals surface area contributed by atoms with E-state index in [1.807, 2.05) is 45.0 Å². The molecule has 18 heavy (non-hydrogen) atoms. The van der Waals surface area contributed by atoms with Crippen LogP contribution in [0.2, 0.25) is 0 Å². The van der Waals surface area contributed by atoms with E-state index in [1.54, 1.807) is 0 Å². The van der Waals surface area contributed by atoms with E-state index in [1.165, 1.54) is 0 Å². The van der Waals surface area contributed by atoms with Crippen molar-refractivity contribution < 1.29 is 10.2 Å². The minimum atomic E-state index is -0.374. The summed E-state index contributed by atoms with van der Waals surface area (Å²) in [4.78, 5) is 0. The molecule has 0 saturated heterocycles. The van der Waals surface area contributed by atoms with Crippen molar-refractivity contribution in [3.8, 4) is 0 Å². The lowest BCUT2D eigenvalue weighted by Gasteiger charge is -2.27. The van der Waals surface area contributed by atoms with Crippen LogP contribution in [0.3, 0.4) is 0 Å². The van der Waals surface area contributed by atoms with E-state index < -0.39 is 0 Å². The number of hydrogen-bond donors (Lipinski definition) is 3. The number of rotatable bonds is 5. The lowest BCUT2D eigenvalue weighted by atomic mass is 9.89. The molecule has 102 valence electrons. The van der Waals surface area contributed by atoms with Gasteiger partial charge in [-0.15, -0.1) is 0 Å². The molecule has 0 aliphatic rings. The number of hydrogen-bond acceptors (Lipinski definition) is 3. The van der Waals surface area contributed by atoms with Gasteiger partial charge in [0.1, 0.15) is 0 Å². The molecule has 0 saturated carbocycles. The number of aliphatic hydroxyl groups excluding tert-OH is 2. The highest BCUT2D eigenvalue weighted by Gasteiger charge is 2.22. The van der Waals surface area contributed by atoms with Gasteiger partial charge >= 0.3 is 0 Å². The second kappa shape index (κ2) is 6.32. The van der Waals surface area contributed by atoms with E-state index in [0.717, 1.165) is 11.1 Å². The molecular weight excluding hydrogens is 226 g/mol. The van der Waals surface area contributed by atoms with Crippen LogP contribution in [0.25, 0.3) is 0 Å². The van der Waals surface area contributed by atoms with Crippen LogP contribution >= 0.6 is 0 Å². The highest BCUT2D eigenvalue weighted by molar-refractivity contribution is 5.25. The fourth-order valence-corrected chi connectivity index (χ4v) is 1.67. The molecule has 2 unspecified atom stereocenters. The Bertz CT molecular complexity index is 371. The van der Waals surface area contributed by atoms with Crippen molar-refractivity contribution >= 4 is 0 Å². The maximum atomic E-state index is 9.98. The Morgan fingerprint density at radius 3 is 2.50 bits per heavy atom. The molecule has 1 aromatic carbocycles. The van der Waals surface area contributed by atoms with Crippen LogP contribution in [-0.4, -0.2) is 22.9 Å². The Labute approximate surface area is 110 Å². The molecule has 1 rings (SSSR count). The summed E-state index contributed by atoms with van der Waals surface area (Å²) in [6, 6.07) is 8.02. The van der Waals surface area contributed by atoms with Crippen molar-refractivity contribution in [2.24, 2.45) is 5.41 Å².